The van der Waals surface area contributed by atoms with E-state index in [2.05, 4.69) is 25.8 Å². The molecule has 0 bridgehead atoms. The predicted octanol–water partition coefficient (Wildman–Crippen LogP) is 2.01. The Labute approximate surface area is 133 Å². The molecule has 0 aliphatic carbocycles. The van der Waals surface area contributed by atoms with Crippen molar-refractivity contribution >= 4 is 28.9 Å². The third-order valence-corrected chi connectivity index (χ3v) is 5.07. The van der Waals surface area contributed by atoms with Gasteiger partial charge in [-0.2, -0.15) is 0 Å². The monoisotopic (exact) mass is 323 g/mol. The van der Waals surface area contributed by atoms with E-state index in [0.29, 0.717) is 6.54 Å². The van der Waals surface area contributed by atoms with Crippen LogP contribution in [0.25, 0.3) is 0 Å². The lowest BCUT2D eigenvalue weighted by atomic mass is 10.1. The van der Waals surface area contributed by atoms with E-state index in [4.69, 9.17) is 17.3 Å². The van der Waals surface area contributed by atoms with Gasteiger partial charge in [-0.25, -0.2) is 9.97 Å². The van der Waals surface area contributed by atoms with Crippen LogP contribution >= 0.6 is 22.9 Å². The second kappa shape index (κ2) is 6.70. The zero-order valence-electron chi connectivity index (χ0n) is 11.7. The molecule has 21 heavy (non-hydrogen) atoms. The Morgan fingerprint density at radius 3 is 2.48 bits per heavy atom. The number of hydrogen-bond acceptors (Lipinski definition) is 6. The zero-order valence-corrected chi connectivity index (χ0v) is 13.2. The molecule has 3 rings (SSSR count). The van der Waals surface area contributed by atoms with Gasteiger partial charge in [0.1, 0.15) is 0 Å². The summed E-state index contributed by atoms with van der Waals surface area (Å²) in [6.07, 6.45) is 3.57. The number of piperazine rings is 1. The van der Waals surface area contributed by atoms with Crippen molar-refractivity contribution in [1.82, 2.24) is 14.9 Å². The van der Waals surface area contributed by atoms with Crippen LogP contribution in [0.2, 0.25) is 4.34 Å². The molecule has 3 heterocycles. The van der Waals surface area contributed by atoms with Crippen LogP contribution in [0.5, 0.6) is 0 Å². The van der Waals surface area contributed by atoms with Gasteiger partial charge < -0.3 is 10.6 Å². The summed E-state index contributed by atoms with van der Waals surface area (Å²) in [5.74, 6) is 0.806. The average molecular weight is 324 g/mol. The number of rotatable bonds is 4. The van der Waals surface area contributed by atoms with Crippen LogP contribution in [0, 0.1) is 0 Å². The fourth-order valence-corrected chi connectivity index (χ4v) is 3.85. The van der Waals surface area contributed by atoms with Crippen LogP contribution in [-0.4, -0.2) is 47.6 Å². The van der Waals surface area contributed by atoms with Gasteiger partial charge in [0, 0.05) is 50.0 Å². The first-order chi connectivity index (χ1) is 10.3. The van der Waals surface area contributed by atoms with Crippen molar-refractivity contribution in [3.05, 3.63) is 39.8 Å². The summed E-state index contributed by atoms with van der Waals surface area (Å²) < 4.78 is 0.819. The van der Waals surface area contributed by atoms with Crippen LogP contribution < -0.4 is 10.6 Å². The van der Waals surface area contributed by atoms with Gasteiger partial charge in [-0.15, -0.1) is 11.3 Å². The van der Waals surface area contributed by atoms with Gasteiger partial charge in [-0.3, -0.25) is 4.90 Å². The molecule has 2 aromatic rings. The summed E-state index contributed by atoms with van der Waals surface area (Å²) in [7, 11) is 0. The van der Waals surface area contributed by atoms with E-state index in [9.17, 15) is 0 Å². The van der Waals surface area contributed by atoms with Gasteiger partial charge >= 0.3 is 0 Å². The third kappa shape index (κ3) is 3.35. The Bertz CT molecular complexity index is 568. The standard InChI is InChI=1S/C14H18ClN5S/c15-13-3-2-12(21-13)11(10-16)19-6-8-20(9-7-19)14-17-4-1-5-18-14/h1-5,11H,6-10,16H2. The van der Waals surface area contributed by atoms with Gasteiger partial charge in [-0.05, 0) is 18.2 Å². The van der Waals surface area contributed by atoms with Gasteiger partial charge in [0.05, 0.1) is 10.4 Å². The number of halogens is 1. The molecule has 0 radical (unpaired) electrons. The molecule has 1 unspecified atom stereocenters. The fraction of sp³-hybridized carbons (Fsp3) is 0.429. The second-order valence-corrected chi connectivity index (χ2v) is 6.71. The van der Waals surface area contributed by atoms with E-state index in [1.807, 2.05) is 12.1 Å². The molecule has 1 aliphatic rings. The third-order valence-electron chi connectivity index (χ3n) is 3.74. The molecule has 1 saturated heterocycles. The minimum atomic E-state index is 0.251. The highest BCUT2D eigenvalue weighted by Gasteiger charge is 2.26. The topological polar surface area (TPSA) is 58.3 Å². The van der Waals surface area contributed by atoms with Crippen LogP contribution in [0.3, 0.4) is 0 Å². The minimum absolute atomic E-state index is 0.251. The molecular weight excluding hydrogens is 306 g/mol. The van der Waals surface area contributed by atoms with Gasteiger partial charge in [0.2, 0.25) is 5.95 Å². The Hall–Kier alpha value is -1.21. The van der Waals surface area contributed by atoms with E-state index >= 15 is 0 Å². The SMILES string of the molecule is NCC(c1ccc(Cl)s1)N1CCN(c2ncccn2)CC1. The van der Waals surface area contributed by atoms with Crippen molar-refractivity contribution in [2.75, 3.05) is 37.6 Å². The molecule has 1 fully saturated rings. The highest BCUT2D eigenvalue weighted by molar-refractivity contribution is 7.16. The number of thiophene rings is 1. The molecule has 0 amide bonds. The van der Waals surface area contributed by atoms with Crippen molar-refractivity contribution in [3.8, 4) is 0 Å². The Morgan fingerprint density at radius 2 is 1.90 bits per heavy atom. The molecule has 2 N–H and O–H groups in total. The fourth-order valence-electron chi connectivity index (χ4n) is 2.64. The molecule has 0 spiro atoms. The van der Waals surface area contributed by atoms with Crippen molar-refractivity contribution in [3.63, 3.8) is 0 Å². The Balaban J connectivity index is 1.64. The number of anilines is 1. The summed E-state index contributed by atoms with van der Waals surface area (Å²) in [4.78, 5) is 14.5. The van der Waals surface area contributed by atoms with E-state index in [0.717, 1.165) is 36.5 Å². The van der Waals surface area contributed by atoms with Gasteiger partial charge in [0.25, 0.3) is 0 Å². The Morgan fingerprint density at radius 1 is 1.19 bits per heavy atom. The lowest BCUT2D eigenvalue weighted by Gasteiger charge is -2.38. The average Bonchev–Trinajstić information content (AvgIpc) is 2.96. The van der Waals surface area contributed by atoms with Gasteiger partial charge in [-0.1, -0.05) is 11.6 Å². The summed E-state index contributed by atoms with van der Waals surface area (Å²) >= 11 is 7.65. The maximum absolute atomic E-state index is 6.04. The summed E-state index contributed by atoms with van der Waals surface area (Å²) in [6.45, 7) is 4.35. The summed E-state index contributed by atoms with van der Waals surface area (Å²) in [6, 6.07) is 6.11. The lowest BCUT2D eigenvalue weighted by Crippen LogP contribution is -2.49. The van der Waals surface area contributed by atoms with Crippen LogP contribution in [0.4, 0.5) is 5.95 Å². The first-order valence-corrected chi connectivity index (χ1v) is 8.18. The minimum Gasteiger partial charge on any atom is -0.338 e. The van der Waals surface area contributed by atoms with Crippen LogP contribution in [-0.2, 0) is 0 Å². The second-order valence-electron chi connectivity index (χ2n) is 4.97. The quantitative estimate of drug-likeness (QED) is 0.932. The molecule has 2 aromatic heterocycles. The molecule has 5 nitrogen and oxygen atoms in total. The molecule has 1 aliphatic heterocycles. The van der Waals surface area contributed by atoms with Crippen LogP contribution in [0.1, 0.15) is 10.9 Å². The van der Waals surface area contributed by atoms with E-state index in [1.54, 1.807) is 23.7 Å². The number of nitrogens with two attached hydrogens (primary N) is 1. The highest BCUT2D eigenvalue weighted by Crippen LogP contribution is 2.30. The predicted molar refractivity (Wildman–Crippen MR) is 86.9 cm³/mol. The summed E-state index contributed by atoms with van der Waals surface area (Å²) in [5.41, 5.74) is 5.97. The molecule has 7 heteroatoms. The smallest absolute Gasteiger partial charge is 0.225 e. The number of hydrogen-bond donors (Lipinski definition) is 1. The van der Waals surface area contributed by atoms with Crippen molar-refractivity contribution < 1.29 is 0 Å². The van der Waals surface area contributed by atoms with E-state index in [1.165, 1.54) is 4.88 Å². The van der Waals surface area contributed by atoms with Crippen molar-refractivity contribution in [2.45, 2.75) is 6.04 Å². The molecule has 0 aromatic carbocycles. The molecule has 1 atom stereocenters. The number of nitrogens with zero attached hydrogens (tertiary/aromatic N) is 4. The zero-order chi connectivity index (χ0) is 14.7. The van der Waals surface area contributed by atoms with Gasteiger partial charge in [0.15, 0.2) is 0 Å². The van der Waals surface area contributed by atoms with Crippen molar-refractivity contribution in [2.24, 2.45) is 5.73 Å². The van der Waals surface area contributed by atoms with E-state index < -0.39 is 0 Å². The normalized spacial score (nSPS) is 17.9. The van der Waals surface area contributed by atoms with E-state index in [-0.39, 0.29) is 6.04 Å². The molecule has 112 valence electrons. The molecular formula is C14H18ClN5S. The summed E-state index contributed by atoms with van der Waals surface area (Å²) in [5, 5.41) is 0. The maximum Gasteiger partial charge on any atom is 0.225 e. The molecule has 0 saturated carbocycles. The largest absolute Gasteiger partial charge is 0.338 e. The Kier molecular flexibility index (Phi) is 4.70. The maximum atomic E-state index is 6.04. The lowest BCUT2D eigenvalue weighted by molar-refractivity contribution is 0.192. The first kappa shape index (κ1) is 14.7. The van der Waals surface area contributed by atoms with Crippen molar-refractivity contribution in [1.29, 1.82) is 0 Å². The first-order valence-electron chi connectivity index (χ1n) is 6.99. The highest BCUT2D eigenvalue weighted by atomic mass is 35.5. The number of aromatic nitrogens is 2. The van der Waals surface area contributed by atoms with Crippen LogP contribution in [0.15, 0.2) is 30.6 Å².